The number of hydrogen-bond donors (Lipinski definition) is 2. The van der Waals surface area contributed by atoms with Crippen LogP contribution >= 0.6 is 0 Å². The molecular formula is C24H25FN4O2. The molecule has 160 valence electrons. The number of nitrogens with zero attached hydrogens (tertiary/aromatic N) is 2. The first-order chi connectivity index (χ1) is 15.1. The van der Waals surface area contributed by atoms with Gasteiger partial charge in [-0.3, -0.25) is 9.59 Å². The molecule has 0 unspecified atom stereocenters. The number of hydrogen-bond acceptors (Lipinski definition) is 3. The zero-order valence-corrected chi connectivity index (χ0v) is 17.5. The Morgan fingerprint density at radius 3 is 2.55 bits per heavy atom. The van der Waals surface area contributed by atoms with Crippen LogP contribution in [0.5, 0.6) is 0 Å². The maximum Gasteiger partial charge on any atom is 0.276 e. The molecule has 7 heteroatoms. The van der Waals surface area contributed by atoms with Crippen molar-refractivity contribution in [2.45, 2.75) is 39.0 Å². The molecule has 0 spiro atoms. The van der Waals surface area contributed by atoms with Crippen LogP contribution in [0.1, 0.15) is 58.3 Å². The average Bonchev–Trinajstić information content (AvgIpc) is 3.18. The van der Waals surface area contributed by atoms with Crippen LogP contribution in [0.2, 0.25) is 0 Å². The van der Waals surface area contributed by atoms with Crippen LogP contribution in [0.3, 0.4) is 0 Å². The number of aromatic nitrogens is 2. The molecule has 4 rings (SSSR count). The highest BCUT2D eigenvalue weighted by molar-refractivity contribution is 6.08. The van der Waals surface area contributed by atoms with Gasteiger partial charge in [0.1, 0.15) is 5.82 Å². The highest BCUT2D eigenvalue weighted by Crippen LogP contribution is 2.28. The zero-order valence-electron chi connectivity index (χ0n) is 17.5. The van der Waals surface area contributed by atoms with Crippen molar-refractivity contribution < 1.29 is 14.0 Å². The summed E-state index contributed by atoms with van der Waals surface area (Å²) >= 11 is 0. The van der Waals surface area contributed by atoms with Crippen molar-refractivity contribution in [2.24, 2.45) is 0 Å². The van der Waals surface area contributed by atoms with E-state index in [1.54, 1.807) is 41.1 Å². The fraction of sp³-hybridized carbons (Fsp3) is 0.292. The van der Waals surface area contributed by atoms with Gasteiger partial charge >= 0.3 is 0 Å². The Morgan fingerprint density at radius 1 is 1.03 bits per heavy atom. The second kappa shape index (κ2) is 9.12. The average molecular weight is 420 g/mol. The lowest BCUT2D eigenvalue weighted by molar-refractivity contribution is 0.0954. The van der Waals surface area contributed by atoms with Gasteiger partial charge in [0.25, 0.3) is 11.8 Å². The number of amides is 2. The Kier molecular flexibility index (Phi) is 6.11. The molecule has 0 saturated carbocycles. The molecule has 1 aromatic heterocycles. The molecular weight excluding hydrogens is 395 g/mol. The Labute approximate surface area is 180 Å². The van der Waals surface area contributed by atoms with Gasteiger partial charge in [-0.2, -0.15) is 5.10 Å². The number of para-hydroxylation sites is 1. The second-order valence-corrected chi connectivity index (χ2v) is 7.62. The van der Waals surface area contributed by atoms with Crippen molar-refractivity contribution in [2.75, 3.05) is 11.9 Å². The van der Waals surface area contributed by atoms with Gasteiger partial charge in [0.15, 0.2) is 5.69 Å². The van der Waals surface area contributed by atoms with Crippen molar-refractivity contribution in [1.82, 2.24) is 15.1 Å². The van der Waals surface area contributed by atoms with E-state index in [0.29, 0.717) is 23.5 Å². The van der Waals surface area contributed by atoms with Crippen LogP contribution < -0.4 is 10.6 Å². The number of nitrogens with one attached hydrogen (secondary N) is 2. The second-order valence-electron chi connectivity index (χ2n) is 7.62. The SMILES string of the molecule is CCCNC(=O)c1ccccc1NC(=O)c1nn(-c2ccc(F)cc2)c2c1CCCC2. The Hall–Kier alpha value is -3.48. The number of carbonyl (C=O) groups excluding carboxylic acids is 2. The van der Waals surface area contributed by atoms with Gasteiger partial charge in [0.05, 0.1) is 16.9 Å². The Balaban J connectivity index is 1.66. The third-order valence-corrected chi connectivity index (χ3v) is 5.42. The topological polar surface area (TPSA) is 76.0 Å². The number of benzene rings is 2. The lowest BCUT2D eigenvalue weighted by Gasteiger charge is -2.14. The molecule has 0 atom stereocenters. The first-order valence-corrected chi connectivity index (χ1v) is 10.6. The fourth-order valence-electron chi connectivity index (χ4n) is 3.88. The minimum atomic E-state index is -0.352. The zero-order chi connectivity index (χ0) is 21.8. The summed E-state index contributed by atoms with van der Waals surface area (Å²) < 4.78 is 15.1. The van der Waals surface area contributed by atoms with Crippen molar-refractivity contribution >= 4 is 17.5 Å². The van der Waals surface area contributed by atoms with Crippen LogP contribution in [0.25, 0.3) is 5.69 Å². The first-order valence-electron chi connectivity index (χ1n) is 10.6. The van der Waals surface area contributed by atoms with E-state index in [0.717, 1.165) is 49.0 Å². The summed E-state index contributed by atoms with van der Waals surface area (Å²) in [5, 5.41) is 10.3. The summed E-state index contributed by atoms with van der Waals surface area (Å²) in [6.07, 6.45) is 4.40. The highest BCUT2D eigenvalue weighted by atomic mass is 19.1. The molecule has 0 bridgehead atoms. The maximum atomic E-state index is 13.4. The van der Waals surface area contributed by atoms with Crippen LogP contribution in [-0.4, -0.2) is 28.1 Å². The molecule has 0 aliphatic heterocycles. The molecule has 1 aliphatic rings. The molecule has 0 fully saturated rings. The number of halogens is 1. The van der Waals surface area contributed by atoms with E-state index < -0.39 is 0 Å². The molecule has 2 amide bonds. The molecule has 6 nitrogen and oxygen atoms in total. The van der Waals surface area contributed by atoms with Crippen molar-refractivity contribution in [3.05, 3.63) is 76.9 Å². The third-order valence-electron chi connectivity index (χ3n) is 5.42. The summed E-state index contributed by atoms with van der Waals surface area (Å²) in [5.41, 5.74) is 3.83. The quantitative estimate of drug-likeness (QED) is 0.625. The molecule has 3 aromatic rings. The van der Waals surface area contributed by atoms with E-state index in [2.05, 4.69) is 15.7 Å². The molecule has 2 aromatic carbocycles. The van der Waals surface area contributed by atoms with Gasteiger partial charge in [-0.1, -0.05) is 19.1 Å². The normalized spacial score (nSPS) is 12.8. The number of fused-ring (bicyclic) bond motifs is 1. The highest BCUT2D eigenvalue weighted by Gasteiger charge is 2.26. The van der Waals surface area contributed by atoms with Gasteiger partial charge in [-0.25, -0.2) is 9.07 Å². The summed E-state index contributed by atoms with van der Waals surface area (Å²) in [6.45, 7) is 2.55. The number of anilines is 1. The minimum Gasteiger partial charge on any atom is -0.352 e. The summed E-state index contributed by atoms with van der Waals surface area (Å²) in [7, 11) is 0. The first kappa shape index (κ1) is 20.8. The number of rotatable bonds is 6. The Morgan fingerprint density at radius 2 is 1.77 bits per heavy atom. The van der Waals surface area contributed by atoms with E-state index in [9.17, 15) is 14.0 Å². The monoisotopic (exact) mass is 420 g/mol. The van der Waals surface area contributed by atoms with Crippen molar-refractivity contribution in [1.29, 1.82) is 0 Å². The fourth-order valence-corrected chi connectivity index (χ4v) is 3.88. The lowest BCUT2D eigenvalue weighted by atomic mass is 9.95. The molecule has 1 aliphatic carbocycles. The van der Waals surface area contributed by atoms with Crippen LogP contribution in [0.4, 0.5) is 10.1 Å². The van der Waals surface area contributed by atoms with Gasteiger partial charge in [0.2, 0.25) is 0 Å². The van der Waals surface area contributed by atoms with Gasteiger partial charge in [0, 0.05) is 17.8 Å². The van der Waals surface area contributed by atoms with Crippen LogP contribution in [0, 0.1) is 5.82 Å². The summed E-state index contributed by atoms with van der Waals surface area (Å²) in [6, 6.07) is 13.0. The van der Waals surface area contributed by atoms with Crippen molar-refractivity contribution in [3.63, 3.8) is 0 Å². The van der Waals surface area contributed by atoms with E-state index in [4.69, 9.17) is 0 Å². The smallest absolute Gasteiger partial charge is 0.276 e. The minimum absolute atomic E-state index is 0.225. The number of carbonyl (C=O) groups is 2. The molecule has 0 radical (unpaired) electrons. The Bertz CT molecular complexity index is 1110. The molecule has 1 heterocycles. The van der Waals surface area contributed by atoms with Gasteiger partial charge in [-0.15, -0.1) is 0 Å². The predicted octanol–water partition coefficient (Wildman–Crippen LogP) is 4.28. The standard InChI is InChI=1S/C24H25FN4O2/c1-2-15-26-23(30)18-7-3-5-9-20(18)27-24(31)22-19-8-4-6-10-21(19)29(28-22)17-13-11-16(25)12-14-17/h3,5,7,9,11-14H,2,4,6,8,10,15H2,1H3,(H,26,30)(H,27,31). The van der Waals surface area contributed by atoms with E-state index in [1.165, 1.54) is 12.1 Å². The maximum absolute atomic E-state index is 13.4. The molecule has 2 N–H and O–H groups in total. The van der Waals surface area contributed by atoms with E-state index >= 15 is 0 Å². The van der Waals surface area contributed by atoms with Crippen LogP contribution in [-0.2, 0) is 12.8 Å². The lowest BCUT2D eigenvalue weighted by Crippen LogP contribution is -2.26. The van der Waals surface area contributed by atoms with Gasteiger partial charge in [-0.05, 0) is 68.5 Å². The third kappa shape index (κ3) is 4.35. The van der Waals surface area contributed by atoms with E-state index in [1.807, 2.05) is 6.92 Å². The van der Waals surface area contributed by atoms with Crippen LogP contribution in [0.15, 0.2) is 48.5 Å². The van der Waals surface area contributed by atoms with Crippen molar-refractivity contribution in [3.8, 4) is 5.69 Å². The largest absolute Gasteiger partial charge is 0.352 e. The summed E-state index contributed by atoms with van der Waals surface area (Å²) in [5.74, 6) is -0.896. The molecule has 0 saturated heterocycles. The van der Waals surface area contributed by atoms with E-state index in [-0.39, 0.29) is 17.6 Å². The van der Waals surface area contributed by atoms with Gasteiger partial charge < -0.3 is 10.6 Å². The molecule has 31 heavy (non-hydrogen) atoms. The predicted molar refractivity (Wildman–Crippen MR) is 117 cm³/mol. The summed E-state index contributed by atoms with van der Waals surface area (Å²) in [4.78, 5) is 25.7.